The van der Waals surface area contributed by atoms with E-state index in [2.05, 4.69) is 16.0 Å². The number of carbonyl (C=O) groups excluding carboxylic acids is 3. The molecule has 0 aliphatic carbocycles. The van der Waals surface area contributed by atoms with Gasteiger partial charge in [-0.25, -0.2) is 4.79 Å². The number of rotatable bonds is 16. The molecule has 0 fully saturated rings. The Labute approximate surface area is 220 Å². The zero-order valence-electron chi connectivity index (χ0n) is 21.2. The van der Waals surface area contributed by atoms with E-state index >= 15 is 0 Å². The Balaban J connectivity index is 2.88. The maximum Gasteiger partial charge on any atom is 0.326 e. The predicted molar refractivity (Wildman–Crippen MR) is 144 cm³/mol. The molecule has 0 bridgehead atoms. The van der Waals surface area contributed by atoms with Gasteiger partial charge < -0.3 is 31.9 Å². The largest absolute Gasteiger partial charge is 0.508 e. The highest BCUT2D eigenvalue weighted by Gasteiger charge is 2.31. The molecule has 1 aromatic rings. The van der Waals surface area contributed by atoms with Crippen LogP contribution in [-0.2, 0) is 25.6 Å². The first-order chi connectivity index (χ1) is 17.0. The number of nitrogens with one attached hydrogen (secondary N) is 3. The molecule has 0 saturated carbocycles. The number of phenols is 1. The van der Waals surface area contributed by atoms with Crippen molar-refractivity contribution >= 4 is 47.2 Å². The number of phenolic OH excluding ortho intramolecular Hbond substituents is 1. The van der Waals surface area contributed by atoms with Crippen molar-refractivity contribution in [3.63, 3.8) is 0 Å². The molecule has 202 valence electrons. The molecular formula is C24H38N4O6S2. The van der Waals surface area contributed by atoms with E-state index in [0.717, 1.165) is 5.56 Å². The van der Waals surface area contributed by atoms with E-state index in [1.54, 1.807) is 26.0 Å². The molecule has 10 nitrogen and oxygen atoms in total. The van der Waals surface area contributed by atoms with Crippen molar-refractivity contribution in [2.24, 2.45) is 11.7 Å². The van der Waals surface area contributed by atoms with Gasteiger partial charge in [0.15, 0.2) is 0 Å². The van der Waals surface area contributed by atoms with Gasteiger partial charge in [-0.2, -0.15) is 23.5 Å². The van der Waals surface area contributed by atoms with Crippen molar-refractivity contribution in [3.05, 3.63) is 29.8 Å². The summed E-state index contributed by atoms with van der Waals surface area (Å²) >= 11 is 2.97. The predicted octanol–water partition coefficient (Wildman–Crippen LogP) is 0.963. The van der Waals surface area contributed by atoms with Crippen LogP contribution in [0, 0.1) is 5.92 Å². The summed E-state index contributed by atoms with van der Waals surface area (Å²) in [6.45, 7) is 3.52. The van der Waals surface area contributed by atoms with Gasteiger partial charge in [0, 0.05) is 0 Å². The molecule has 4 unspecified atom stereocenters. The third kappa shape index (κ3) is 11.1. The Kier molecular flexibility index (Phi) is 14.3. The SMILES string of the molecule is CSCCC(NC(=O)C(CCSC)NC(=O)C(NC(=O)C(N)Cc1ccc(O)cc1)C(C)C)C(=O)O. The number of carboxylic acid groups (broad SMARTS) is 1. The van der Waals surface area contributed by atoms with E-state index < -0.39 is 47.9 Å². The Bertz CT molecular complexity index is 869. The Morgan fingerprint density at radius 2 is 1.39 bits per heavy atom. The van der Waals surface area contributed by atoms with E-state index in [1.807, 2.05) is 12.5 Å². The summed E-state index contributed by atoms with van der Waals surface area (Å²) < 4.78 is 0. The molecule has 0 heterocycles. The maximum absolute atomic E-state index is 13.1. The number of aliphatic carboxylic acids is 1. The van der Waals surface area contributed by atoms with Crippen LogP contribution in [0.15, 0.2) is 24.3 Å². The molecule has 12 heteroatoms. The third-order valence-electron chi connectivity index (χ3n) is 5.44. The highest BCUT2D eigenvalue weighted by Crippen LogP contribution is 2.12. The molecule has 1 aromatic carbocycles. The van der Waals surface area contributed by atoms with Crippen molar-refractivity contribution in [1.82, 2.24) is 16.0 Å². The second-order valence-electron chi connectivity index (χ2n) is 8.73. The fraction of sp³-hybridized carbons (Fsp3) is 0.583. The zero-order chi connectivity index (χ0) is 27.3. The number of benzene rings is 1. The molecule has 0 aliphatic heterocycles. The van der Waals surface area contributed by atoms with Crippen LogP contribution in [-0.4, -0.2) is 82.1 Å². The molecule has 0 radical (unpaired) electrons. The molecule has 0 spiro atoms. The fourth-order valence-corrected chi connectivity index (χ4v) is 4.25. The molecule has 4 atom stereocenters. The Morgan fingerprint density at radius 1 is 0.861 bits per heavy atom. The topological polar surface area (TPSA) is 171 Å². The van der Waals surface area contributed by atoms with Gasteiger partial charge in [0.25, 0.3) is 0 Å². The fourth-order valence-electron chi connectivity index (χ4n) is 3.31. The first kappa shape index (κ1) is 31.6. The first-order valence-corrected chi connectivity index (χ1v) is 14.4. The maximum atomic E-state index is 13.1. The van der Waals surface area contributed by atoms with Crippen molar-refractivity contribution in [2.75, 3.05) is 24.0 Å². The van der Waals surface area contributed by atoms with E-state index in [-0.39, 0.29) is 24.5 Å². The molecule has 36 heavy (non-hydrogen) atoms. The Hall–Kier alpha value is -2.44. The van der Waals surface area contributed by atoms with Crippen LogP contribution in [0.4, 0.5) is 0 Å². The van der Waals surface area contributed by atoms with Crippen LogP contribution in [0.2, 0.25) is 0 Å². The van der Waals surface area contributed by atoms with Crippen LogP contribution >= 0.6 is 23.5 Å². The standard InChI is InChI=1S/C24H38N4O6S2/c1-14(2)20(28-21(30)17(25)13-15-5-7-16(29)8-6-15)23(32)26-18(9-11-35-3)22(31)27-19(24(33)34)10-12-36-4/h5-8,14,17-20,29H,9-13,25H2,1-4H3,(H,26,32)(H,27,31)(H,28,30)(H,33,34). The number of carbonyl (C=O) groups is 4. The number of amides is 3. The van der Waals surface area contributed by atoms with Crippen molar-refractivity contribution in [3.8, 4) is 5.75 Å². The van der Waals surface area contributed by atoms with Crippen LogP contribution < -0.4 is 21.7 Å². The van der Waals surface area contributed by atoms with Gasteiger partial charge >= 0.3 is 5.97 Å². The monoisotopic (exact) mass is 542 g/mol. The highest BCUT2D eigenvalue weighted by atomic mass is 32.2. The lowest BCUT2D eigenvalue weighted by Gasteiger charge is -2.27. The van der Waals surface area contributed by atoms with Gasteiger partial charge in [-0.05, 0) is 66.9 Å². The molecule has 7 N–H and O–H groups in total. The average Bonchev–Trinajstić information content (AvgIpc) is 2.83. The summed E-state index contributed by atoms with van der Waals surface area (Å²) in [6.07, 6.45) is 4.48. The number of carboxylic acids is 1. The Morgan fingerprint density at radius 3 is 1.89 bits per heavy atom. The molecule has 0 aliphatic rings. The molecular weight excluding hydrogens is 504 g/mol. The summed E-state index contributed by atoms with van der Waals surface area (Å²) in [7, 11) is 0. The quantitative estimate of drug-likeness (QED) is 0.178. The first-order valence-electron chi connectivity index (χ1n) is 11.6. The number of hydrogen-bond donors (Lipinski definition) is 6. The number of aromatic hydroxyl groups is 1. The van der Waals surface area contributed by atoms with Crippen LogP contribution in [0.3, 0.4) is 0 Å². The van der Waals surface area contributed by atoms with Crippen LogP contribution in [0.5, 0.6) is 5.75 Å². The molecule has 0 aromatic heterocycles. The van der Waals surface area contributed by atoms with E-state index in [4.69, 9.17) is 5.73 Å². The number of thioether (sulfide) groups is 2. The second kappa shape index (κ2) is 16.3. The minimum Gasteiger partial charge on any atom is -0.508 e. The van der Waals surface area contributed by atoms with Crippen LogP contribution in [0.1, 0.15) is 32.3 Å². The summed E-state index contributed by atoms with van der Waals surface area (Å²) in [4.78, 5) is 50.3. The highest BCUT2D eigenvalue weighted by molar-refractivity contribution is 7.98. The summed E-state index contributed by atoms with van der Waals surface area (Å²) in [5.41, 5.74) is 6.80. The summed E-state index contributed by atoms with van der Waals surface area (Å²) in [6, 6.07) is 2.44. The smallest absolute Gasteiger partial charge is 0.326 e. The lowest BCUT2D eigenvalue weighted by atomic mass is 10.0. The third-order valence-corrected chi connectivity index (χ3v) is 6.73. The normalized spacial score (nSPS) is 14.4. The van der Waals surface area contributed by atoms with Gasteiger partial charge in [0.1, 0.15) is 23.9 Å². The summed E-state index contributed by atoms with van der Waals surface area (Å²) in [5.74, 6) is -1.86. The van der Waals surface area contributed by atoms with Gasteiger partial charge in [-0.3, -0.25) is 14.4 Å². The molecule has 3 amide bonds. The minimum atomic E-state index is -1.14. The molecule has 1 rings (SSSR count). The van der Waals surface area contributed by atoms with Gasteiger partial charge in [0.05, 0.1) is 6.04 Å². The van der Waals surface area contributed by atoms with Gasteiger partial charge in [0.2, 0.25) is 17.7 Å². The second-order valence-corrected chi connectivity index (χ2v) is 10.7. The van der Waals surface area contributed by atoms with Crippen molar-refractivity contribution in [2.45, 2.75) is 57.3 Å². The summed E-state index contributed by atoms with van der Waals surface area (Å²) in [5, 5.41) is 26.7. The molecule has 0 saturated heterocycles. The van der Waals surface area contributed by atoms with Crippen LogP contribution in [0.25, 0.3) is 0 Å². The number of hydrogen-bond acceptors (Lipinski definition) is 8. The van der Waals surface area contributed by atoms with E-state index in [9.17, 15) is 29.4 Å². The van der Waals surface area contributed by atoms with E-state index in [1.165, 1.54) is 35.7 Å². The zero-order valence-corrected chi connectivity index (χ0v) is 22.8. The number of nitrogens with two attached hydrogens (primary N) is 1. The van der Waals surface area contributed by atoms with Gasteiger partial charge in [-0.1, -0.05) is 26.0 Å². The lowest BCUT2D eigenvalue weighted by molar-refractivity contribution is -0.142. The van der Waals surface area contributed by atoms with Crippen molar-refractivity contribution in [1.29, 1.82) is 0 Å². The average molecular weight is 543 g/mol. The van der Waals surface area contributed by atoms with Crippen molar-refractivity contribution < 1.29 is 29.4 Å². The van der Waals surface area contributed by atoms with E-state index in [0.29, 0.717) is 17.9 Å². The minimum absolute atomic E-state index is 0.104. The van der Waals surface area contributed by atoms with Gasteiger partial charge in [-0.15, -0.1) is 0 Å². The lowest BCUT2D eigenvalue weighted by Crippen LogP contribution is -2.58.